The summed E-state index contributed by atoms with van der Waals surface area (Å²) >= 11 is 7.50. The van der Waals surface area contributed by atoms with Crippen molar-refractivity contribution in [2.75, 3.05) is 5.75 Å². The van der Waals surface area contributed by atoms with Gasteiger partial charge in [-0.2, -0.15) is 5.26 Å². The van der Waals surface area contributed by atoms with E-state index in [4.69, 9.17) is 11.6 Å². The van der Waals surface area contributed by atoms with E-state index < -0.39 is 10.8 Å². The lowest BCUT2D eigenvalue weighted by atomic mass is 9.81. The van der Waals surface area contributed by atoms with Crippen LogP contribution in [0.25, 0.3) is 0 Å². The molecular weight excluding hydrogens is 450 g/mol. The Kier molecular flexibility index (Phi) is 7.13. The van der Waals surface area contributed by atoms with Crippen molar-refractivity contribution < 1.29 is 14.5 Å². The lowest BCUT2D eigenvalue weighted by Gasteiger charge is -2.29. The van der Waals surface area contributed by atoms with Crippen molar-refractivity contribution in [3.63, 3.8) is 0 Å². The van der Waals surface area contributed by atoms with E-state index in [0.29, 0.717) is 26.9 Å². The van der Waals surface area contributed by atoms with E-state index in [2.05, 4.69) is 11.4 Å². The van der Waals surface area contributed by atoms with Gasteiger partial charge in [0.05, 0.1) is 33.3 Å². The van der Waals surface area contributed by atoms with Gasteiger partial charge >= 0.3 is 0 Å². The number of ketones is 2. The van der Waals surface area contributed by atoms with E-state index in [-0.39, 0.29) is 34.1 Å². The standard InChI is InChI=1S/C23H18ClN3O4S/c1-13-21(14(2)28)22(17-8-3-4-9-19(17)24)18(11-25)23(26-13)32-12-20(29)15-6-5-7-16(10-15)27(30)31/h3-10,22,26H,12H2,1-2H3/t22-/m1/s1. The third-order valence-corrected chi connectivity index (χ3v) is 6.33. The van der Waals surface area contributed by atoms with Crippen LogP contribution in [0.15, 0.2) is 70.4 Å². The largest absolute Gasteiger partial charge is 0.353 e. The summed E-state index contributed by atoms with van der Waals surface area (Å²) in [4.78, 5) is 35.5. The quantitative estimate of drug-likeness (QED) is 0.340. The van der Waals surface area contributed by atoms with Crippen LogP contribution < -0.4 is 5.32 Å². The molecule has 0 fully saturated rings. The predicted octanol–water partition coefficient (Wildman–Crippen LogP) is 5.15. The molecule has 0 aromatic heterocycles. The molecule has 0 unspecified atom stereocenters. The average molecular weight is 468 g/mol. The van der Waals surface area contributed by atoms with E-state index in [1.54, 1.807) is 31.2 Å². The topological polar surface area (TPSA) is 113 Å². The van der Waals surface area contributed by atoms with Crippen LogP contribution in [0.1, 0.15) is 35.7 Å². The maximum atomic E-state index is 12.7. The number of nitriles is 1. The molecule has 32 heavy (non-hydrogen) atoms. The number of carbonyl (C=O) groups excluding carboxylic acids is 2. The minimum Gasteiger partial charge on any atom is -0.353 e. The summed E-state index contributed by atoms with van der Waals surface area (Å²) in [6, 6.07) is 14.7. The SMILES string of the molecule is CC(=O)C1=C(C)NC(SCC(=O)c2cccc([N+](=O)[O-])c2)=C(C#N)[C@H]1c1ccccc1Cl. The highest BCUT2D eigenvalue weighted by Gasteiger charge is 2.34. The summed E-state index contributed by atoms with van der Waals surface area (Å²) in [5.74, 6) is -1.22. The molecule has 1 aliphatic rings. The Labute approximate surface area is 193 Å². The van der Waals surface area contributed by atoms with Crippen LogP contribution in [0.3, 0.4) is 0 Å². The van der Waals surface area contributed by atoms with Gasteiger partial charge in [0.1, 0.15) is 0 Å². The molecule has 0 radical (unpaired) electrons. The molecule has 7 nitrogen and oxygen atoms in total. The number of nitro groups is 1. The Balaban J connectivity index is 1.96. The Bertz CT molecular complexity index is 1230. The summed E-state index contributed by atoms with van der Waals surface area (Å²) in [5, 5.41) is 24.9. The number of halogens is 1. The van der Waals surface area contributed by atoms with Crippen molar-refractivity contribution in [3.05, 3.63) is 96.7 Å². The normalized spacial score (nSPS) is 15.8. The van der Waals surface area contributed by atoms with Gasteiger partial charge in [-0.3, -0.25) is 19.7 Å². The van der Waals surface area contributed by atoms with Crippen molar-refractivity contribution in [2.45, 2.75) is 19.8 Å². The highest BCUT2D eigenvalue weighted by Crippen LogP contribution is 2.43. The highest BCUT2D eigenvalue weighted by atomic mass is 35.5. The van der Waals surface area contributed by atoms with Crippen molar-refractivity contribution in [2.24, 2.45) is 0 Å². The summed E-state index contributed by atoms with van der Waals surface area (Å²) < 4.78 is 0. The van der Waals surface area contributed by atoms with Gasteiger partial charge in [0.2, 0.25) is 0 Å². The third-order valence-electron chi connectivity index (χ3n) is 4.97. The number of carbonyl (C=O) groups is 2. The summed E-state index contributed by atoms with van der Waals surface area (Å²) in [6.07, 6.45) is 0. The van der Waals surface area contributed by atoms with E-state index >= 15 is 0 Å². The fourth-order valence-corrected chi connectivity index (χ4v) is 4.76. The zero-order valence-electron chi connectivity index (χ0n) is 17.2. The molecule has 2 aromatic carbocycles. The molecule has 0 aliphatic carbocycles. The van der Waals surface area contributed by atoms with Gasteiger partial charge in [0.25, 0.3) is 5.69 Å². The van der Waals surface area contributed by atoms with Crippen LogP contribution >= 0.6 is 23.4 Å². The summed E-state index contributed by atoms with van der Waals surface area (Å²) in [5.41, 5.74) is 1.96. The Morgan fingerprint density at radius 1 is 1.25 bits per heavy atom. The third kappa shape index (κ3) is 4.74. The minimum absolute atomic E-state index is 0.0490. The first-order valence-corrected chi connectivity index (χ1v) is 10.9. The molecule has 0 amide bonds. The number of nitrogens with zero attached hydrogens (tertiary/aromatic N) is 2. The number of thioether (sulfide) groups is 1. The number of nitrogens with one attached hydrogen (secondary N) is 1. The maximum absolute atomic E-state index is 12.7. The van der Waals surface area contributed by atoms with Crippen LogP contribution in [-0.2, 0) is 4.79 Å². The first-order chi connectivity index (χ1) is 15.2. The Hall–Kier alpha value is -3.41. The number of Topliss-reactive ketones (excluding diaryl/α,β-unsaturated/α-hetero) is 2. The molecule has 0 saturated carbocycles. The monoisotopic (exact) mass is 467 g/mol. The van der Waals surface area contributed by atoms with Crippen LogP contribution in [0.5, 0.6) is 0 Å². The zero-order chi connectivity index (χ0) is 23.4. The summed E-state index contributed by atoms with van der Waals surface area (Å²) in [7, 11) is 0. The molecule has 162 valence electrons. The number of nitro benzene ring substituents is 1. The van der Waals surface area contributed by atoms with E-state index in [1.165, 1.54) is 31.2 Å². The van der Waals surface area contributed by atoms with Gasteiger partial charge in [-0.05, 0) is 25.5 Å². The van der Waals surface area contributed by atoms with Gasteiger partial charge in [0, 0.05) is 34.0 Å². The van der Waals surface area contributed by atoms with Crippen LogP contribution in [0.4, 0.5) is 5.69 Å². The summed E-state index contributed by atoms with van der Waals surface area (Å²) in [6.45, 7) is 3.17. The number of rotatable bonds is 7. The van der Waals surface area contributed by atoms with Crippen LogP contribution in [0.2, 0.25) is 5.02 Å². The molecule has 1 N–H and O–H groups in total. The second-order valence-electron chi connectivity index (χ2n) is 7.05. The fourth-order valence-electron chi connectivity index (χ4n) is 3.53. The molecule has 9 heteroatoms. The van der Waals surface area contributed by atoms with E-state index in [1.807, 2.05) is 0 Å². The molecule has 0 spiro atoms. The van der Waals surface area contributed by atoms with E-state index in [9.17, 15) is 25.0 Å². The van der Waals surface area contributed by atoms with Crippen LogP contribution in [0, 0.1) is 21.4 Å². The molecular formula is C23H18ClN3O4S. The Morgan fingerprint density at radius 2 is 1.97 bits per heavy atom. The number of dihydropyridines is 1. The van der Waals surface area contributed by atoms with Crippen molar-refractivity contribution >= 4 is 40.6 Å². The first-order valence-electron chi connectivity index (χ1n) is 9.52. The number of allylic oxidation sites excluding steroid dienone is 3. The fraction of sp³-hybridized carbons (Fsp3) is 0.174. The van der Waals surface area contributed by atoms with Gasteiger partial charge in [-0.15, -0.1) is 0 Å². The minimum atomic E-state index is -0.664. The molecule has 0 bridgehead atoms. The molecule has 1 heterocycles. The zero-order valence-corrected chi connectivity index (χ0v) is 18.8. The average Bonchev–Trinajstić information content (AvgIpc) is 2.77. The molecule has 1 aliphatic heterocycles. The van der Waals surface area contributed by atoms with Gasteiger partial charge in [-0.25, -0.2) is 0 Å². The smallest absolute Gasteiger partial charge is 0.270 e. The van der Waals surface area contributed by atoms with Gasteiger partial charge in [-0.1, -0.05) is 53.7 Å². The lowest BCUT2D eigenvalue weighted by Crippen LogP contribution is -2.27. The molecule has 1 atom stereocenters. The number of hydrogen-bond donors (Lipinski definition) is 1. The van der Waals surface area contributed by atoms with Gasteiger partial charge in [0.15, 0.2) is 11.6 Å². The second-order valence-corrected chi connectivity index (χ2v) is 8.44. The van der Waals surface area contributed by atoms with Crippen molar-refractivity contribution in [1.29, 1.82) is 5.26 Å². The molecule has 3 rings (SSSR count). The van der Waals surface area contributed by atoms with Gasteiger partial charge < -0.3 is 5.32 Å². The highest BCUT2D eigenvalue weighted by molar-refractivity contribution is 8.03. The number of benzene rings is 2. The Morgan fingerprint density at radius 3 is 2.59 bits per heavy atom. The predicted molar refractivity (Wildman–Crippen MR) is 123 cm³/mol. The van der Waals surface area contributed by atoms with Crippen molar-refractivity contribution in [1.82, 2.24) is 5.32 Å². The number of non-ortho nitro benzene ring substituents is 1. The molecule has 0 saturated heterocycles. The first kappa shape index (κ1) is 23.3. The van der Waals surface area contributed by atoms with E-state index in [0.717, 1.165) is 11.8 Å². The molecule has 2 aromatic rings. The van der Waals surface area contributed by atoms with Crippen molar-refractivity contribution in [3.8, 4) is 6.07 Å². The van der Waals surface area contributed by atoms with Crippen LogP contribution in [-0.4, -0.2) is 22.2 Å². The maximum Gasteiger partial charge on any atom is 0.270 e. The second kappa shape index (κ2) is 9.81. The lowest BCUT2D eigenvalue weighted by molar-refractivity contribution is -0.384. The number of hydrogen-bond acceptors (Lipinski definition) is 7.